The predicted molar refractivity (Wildman–Crippen MR) is 116 cm³/mol. The van der Waals surface area contributed by atoms with E-state index in [2.05, 4.69) is 5.32 Å². The molecule has 0 saturated carbocycles. The second-order valence-corrected chi connectivity index (χ2v) is 8.83. The van der Waals surface area contributed by atoms with Crippen LogP contribution >= 0.6 is 11.3 Å². The van der Waals surface area contributed by atoms with Gasteiger partial charge in [-0.3, -0.25) is 4.79 Å². The molecule has 1 aromatic carbocycles. The number of thiophene rings is 1. The van der Waals surface area contributed by atoms with Crippen molar-refractivity contribution in [2.45, 2.75) is 39.0 Å². The Balaban J connectivity index is 1.54. The summed E-state index contributed by atoms with van der Waals surface area (Å²) in [5, 5.41) is 3.31. The Kier molecular flexibility index (Phi) is 6.04. The molecule has 0 saturated heterocycles. The number of hydrogen-bond donors (Lipinski definition) is 1. The highest BCUT2D eigenvalue weighted by Gasteiger charge is 2.39. The summed E-state index contributed by atoms with van der Waals surface area (Å²) >= 11 is 1.62. The van der Waals surface area contributed by atoms with Crippen molar-refractivity contribution in [1.29, 1.82) is 0 Å². The van der Waals surface area contributed by atoms with Gasteiger partial charge in [-0.2, -0.15) is 0 Å². The lowest BCUT2D eigenvalue weighted by Crippen LogP contribution is -2.34. The first-order valence-electron chi connectivity index (χ1n) is 10.2. The third-order valence-electron chi connectivity index (χ3n) is 5.37. The predicted octanol–water partition coefficient (Wildman–Crippen LogP) is 4.65. The second-order valence-electron chi connectivity index (χ2n) is 7.51. The number of allylic oxidation sites excluding steroid dienone is 3. The molecule has 1 N–H and O–H groups in total. The molecule has 1 atom stereocenters. The standard InChI is InChI=1S/C24H25NO4S/c1-15-11-12-20(30-15)23-21(16(2)25-18-9-6-10-19(26)22(18)23)24(27)29-14-13-28-17-7-4-3-5-8-17/h3-5,7-8,11-12,23,25H,6,9-10,13-14H2,1-2H3/t23-/m1/s1. The fourth-order valence-corrected chi connectivity index (χ4v) is 5.03. The molecule has 0 bridgehead atoms. The number of carbonyl (C=O) groups excluding carboxylic acids is 2. The summed E-state index contributed by atoms with van der Waals surface area (Å²) in [5.41, 5.74) is 2.95. The van der Waals surface area contributed by atoms with E-state index in [0.29, 0.717) is 12.0 Å². The first kappa shape index (κ1) is 20.4. The minimum Gasteiger partial charge on any atom is -0.490 e. The van der Waals surface area contributed by atoms with Crippen LogP contribution in [0.3, 0.4) is 0 Å². The molecule has 0 radical (unpaired) electrons. The molecule has 2 heterocycles. The van der Waals surface area contributed by atoms with Crippen LogP contribution in [0.1, 0.15) is 41.9 Å². The molecule has 156 valence electrons. The van der Waals surface area contributed by atoms with Gasteiger partial charge < -0.3 is 14.8 Å². The van der Waals surface area contributed by atoms with Crippen molar-refractivity contribution >= 4 is 23.1 Å². The normalized spacial score (nSPS) is 18.7. The number of aryl methyl sites for hydroxylation is 1. The Morgan fingerprint density at radius 3 is 2.63 bits per heavy atom. The van der Waals surface area contributed by atoms with Crippen LogP contribution in [0.2, 0.25) is 0 Å². The van der Waals surface area contributed by atoms with Crippen molar-refractivity contribution in [2.75, 3.05) is 13.2 Å². The first-order chi connectivity index (χ1) is 14.5. The van der Waals surface area contributed by atoms with Crippen molar-refractivity contribution in [3.63, 3.8) is 0 Å². The van der Waals surface area contributed by atoms with E-state index in [-0.39, 0.29) is 24.9 Å². The lowest BCUT2D eigenvalue weighted by Gasteiger charge is -2.33. The van der Waals surface area contributed by atoms with E-state index in [0.717, 1.165) is 45.3 Å². The molecule has 2 aromatic rings. The second kappa shape index (κ2) is 8.88. The maximum atomic E-state index is 13.1. The van der Waals surface area contributed by atoms with Crippen LogP contribution in [-0.4, -0.2) is 25.0 Å². The molecule has 0 amide bonds. The van der Waals surface area contributed by atoms with Crippen molar-refractivity contribution in [3.8, 4) is 5.75 Å². The maximum Gasteiger partial charge on any atom is 0.336 e. The van der Waals surface area contributed by atoms with Crippen molar-refractivity contribution < 1.29 is 19.1 Å². The largest absolute Gasteiger partial charge is 0.490 e. The number of carbonyl (C=O) groups is 2. The minimum atomic E-state index is -0.405. The Labute approximate surface area is 180 Å². The summed E-state index contributed by atoms with van der Waals surface area (Å²) in [6.07, 6.45) is 2.19. The fraction of sp³-hybridized carbons (Fsp3) is 0.333. The SMILES string of the molecule is CC1=C(C(=O)OCCOc2ccccc2)[C@@H](c2ccc(C)s2)C2=C(CCCC2=O)N1. The molecule has 1 aromatic heterocycles. The van der Waals surface area contributed by atoms with Gasteiger partial charge in [-0.1, -0.05) is 18.2 Å². The molecule has 2 aliphatic rings. The molecule has 0 spiro atoms. The summed E-state index contributed by atoms with van der Waals surface area (Å²) < 4.78 is 11.2. The zero-order valence-corrected chi connectivity index (χ0v) is 18.0. The number of benzene rings is 1. The highest BCUT2D eigenvalue weighted by Crippen LogP contribution is 2.44. The third-order valence-corrected chi connectivity index (χ3v) is 6.44. The van der Waals surface area contributed by atoms with Gasteiger partial charge in [0.15, 0.2) is 5.78 Å². The van der Waals surface area contributed by atoms with Gasteiger partial charge in [0, 0.05) is 33.1 Å². The van der Waals surface area contributed by atoms with Crippen LogP contribution in [0.5, 0.6) is 5.75 Å². The van der Waals surface area contributed by atoms with Crippen LogP contribution in [0, 0.1) is 6.92 Å². The first-order valence-corrected chi connectivity index (χ1v) is 11.0. The van der Waals surface area contributed by atoms with Crippen molar-refractivity contribution in [2.24, 2.45) is 0 Å². The molecule has 1 aliphatic carbocycles. The summed E-state index contributed by atoms with van der Waals surface area (Å²) in [4.78, 5) is 28.1. The van der Waals surface area contributed by atoms with Crippen molar-refractivity contribution in [3.05, 3.63) is 74.8 Å². The summed E-state index contributed by atoms with van der Waals surface area (Å²) in [7, 11) is 0. The van der Waals surface area contributed by atoms with Gasteiger partial charge >= 0.3 is 5.97 Å². The third kappa shape index (κ3) is 4.19. The van der Waals surface area contributed by atoms with E-state index in [1.807, 2.05) is 56.3 Å². The molecular weight excluding hydrogens is 398 g/mol. The monoisotopic (exact) mass is 423 g/mol. The van der Waals surface area contributed by atoms with Gasteiger partial charge in [0.25, 0.3) is 0 Å². The average Bonchev–Trinajstić information content (AvgIpc) is 3.17. The molecule has 0 unspecified atom stereocenters. The molecule has 1 aliphatic heterocycles. The molecule has 0 fully saturated rings. The average molecular weight is 424 g/mol. The van der Waals surface area contributed by atoms with Crippen LogP contribution in [-0.2, 0) is 14.3 Å². The smallest absolute Gasteiger partial charge is 0.336 e. The lowest BCUT2D eigenvalue weighted by molar-refractivity contribution is -0.140. The number of dihydropyridines is 1. The molecule has 4 rings (SSSR count). The molecule has 6 heteroatoms. The highest BCUT2D eigenvalue weighted by atomic mass is 32.1. The van der Waals surface area contributed by atoms with Gasteiger partial charge in [0.2, 0.25) is 0 Å². The van der Waals surface area contributed by atoms with Gasteiger partial charge in [0.05, 0.1) is 11.5 Å². The van der Waals surface area contributed by atoms with Crippen LogP contribution in [0.15, 0.2) is 65.0 Å². The van der Waals surface area contributed by atoms with Crippen LogP contribution in [0.25, 0.3) is 0 Å². The number of ketones is 1. The number of nitrogens with one attached hydrogen (secondary N) is 1. The molecule has 30 heavy (non-hydrogen) atoms. The van der Waals surface area contributed by atoms with Crippen molar-refractivity contribution in [1.82, 2.24) is 5.32 Å². The van der Waals surface area contributed by atoms with E-state index in [1.165, 1.54) is 0 Å². The Bertz CT molecular complexity index is 1020. The zero-order chi connectivity index (χ0) is 21.1. The fourth-order valence-electron chi connectivity index (χ4n) is 4.04. The Morgan fingerprint density at radius 1 is 1.10 bits per heavy atom. The maximum absolute atomic E-state index is 13.1. The number of rotatable bonds is 6. The molecular formula is C24H25NO4S. The Morgan fingerprint density at radius 2 is 1.90 bits per heavy atom. The van der Waals surface area contributed by atoms with E-state index < -0.39 is 5.97 Å². The summed E-state index contributed by atoms with van der Waals surface area (Å²) in [6, 6.07) is 13.5. The lowest BCUT2D eigenvalue weighted by atomic mass is 9.78. The minimum absolute atomic E-state index is 0.116. The Hall–Kier alpha value is -2.86. The molecule has 5 nitrogen and oxygen atoms in total. The van der Waals surface area contributed by atoms with Gasteiger partial charge in [-0.25, -0.2) is 4.79 Å². The summed E-state index contributed by atoms with van der Waals surface area (Å²) in [5.74, 6) is 0.0794. The number of Topliss-reactive ketones (excluding diaryl/α,β-unsaturated/α-hetero) is 1. The van der Waals surface area contributed by atoms with Crippen LogP contribution in [0.4, 0.5) is 0 Å². The summed E-state index contributed by atoms with van der Waals surface area (Å²) in [6.45, 7) is 4.32. The van der Waals surface area contributed by atoms with Gasteiger partial charge in [-0.15, -0.1) is 11.3 Å². The highest BCUT2D eigenvalue weighted by molar-refractivity contribution is 7.12. The number of hydrogen-bond acceptors (Lipinski definition) is 6. The zero-order valence-electron chi connectivity index (χ0n) is 17.2. The van der Waals surface area contributed by atoms with Gasteiger partial charge in [0.1, 0.15) is 19.0 Å². The van der Waals surface area contributed by atoms with Gasteiger partial charge in [-0.05, 0) is 51.0 Å². The number of esters is 1. The van der Waals surface area contributed by atoms with E-state index in [4.69, 9.17) is 9.47 Å². The number of ether oxygens (including phenoxy) is 2. The topological polar surface area (TPSA) is 64.6 Å². The quantitative estimate of drug-likeness (QED) is 0.541. The number of para-hydroxylation sites is 1. The van der Waals surface area contributed by atoms with E-state index >= 15 is 0 Å². The van der Waals surface area contributed by atoms with E-state index in [9.17, 15) is 9.59 Å². The van der Waals surface area contributed by atoms with E-state index in [1.54, 1.807) is 11.3 Å². The van der Waals surface area contributed by atoms with Crippen LogP contribution < -0.4 is 10.1 Å².